The van der Waals surface area contributed by atoms with Crippen LogP contribution in [0.5, 0.6) is 11.5 Å². The number of phenolic OH excluding ortho intramolecular Hbond substituents is 1. The molecule has 0 aliphatic rings. The molecule has 1 heterocycles. The van der Waals surface area contributed by atoms with Crippen LogP contribution in [-0.2, 0) is 4.79 Å². The van der Waals surface area contributed by atoms with Gasteiger partial charge in [-0.15, -0.1) is 10.2 Å². The molecule has 0 saturated heterocycles. The molecular weight excluding hydrogens is 448 g/mol. The van der Waals surface area contributed by atoms with Gasteiger partial charge in [0.25, 0.3) is 0 Å². The van der Waals surface area contributed by atoms with Crippen LogP contribution in [0, 0.1) is 13.8 Å². The molecule has 0 spiro atoms. The number of methoxy groups -OCH3 is 1. The van der Waals surface area contributed by atoms with Crippen molar-refractivity contribution in [3.05, 3.63) is 77.9 Å². The van der Waals surface area contributed by atoms with Crippen LogP contribution in [0.15, 0.2) is 71.9 Å². The lowest BCUT2D eigenvalue weighted by atomic mass is 10.1. The number of aromatic hydroxyl groups is 1. The molecule has 0 saturated carbocycles. The zero-order valence-corrected chi connectivity index (χ0v) is 20.3. The van der Waals surface area contributed by atoms with E-state index in [0.717, 1.165) is 33.8 Å². The zero-order valence-electron chi connectivity index (χ0n) is 19.4. The number of nitrogens with zero attached hydrogens (tertiary/aromatic N) is 3. The normalized spacial score (nSPS) is 11.8. The monoisotopic (exact) mass is 474 g/mol. The third-order valence-corrected chi connectivity index (χ3v) is 6.51. The van der Waals surface area contributed by atoms with E-state index in [9.17, 15) is 9.90 Å². The number of carbonyl (C=O) groups excluding carboxylic acids is 1. The number of rotatable bonds is 7. The number of amides is 1. The first kappa shape index (κ1) is 23.4. The molecule has 0 fully saturated rings. The Bertz CT molecular complexity index is 1280. The molecule has 0 aliphatic heterocycles. The number of benzene rings is 3. The molecule has 1 aromatic heterocycles. The van der Waals surface area contributed by atoms with Gasteiger partial charge < -0.3 is 15.2 Å². The van der Waals surface area contributed by atoms with Crippen LogP contribution in [0.3, 0.4) is 0 Å². The van der Waals surface area contributed by atoms with Gasteiger partial charge in [0.05, 0.1) is 12.4 Å². The highest BCUT2D eigenvalue weighted by atomic mass is 32.2. The van der Waals surface area contributed by atoms with Gasteiger partial charge in [0.15, 0.2) is 11.0 Å². The summed E-state index contributed by atoms with van der Waals surface area (Å²) in [5.74, 6) is 1.40. The summed E-state index contributed by atoms with van der Waals surface area (Å²) >= 11 is 1.33. The van der Waals surface area contributed by atoms with Gasteiger partial charge in [-0.1, -0.05) is 30.0 Å². The highest BCUT2D eigenvalue weighted by Gasteiger charge is 2.23. The number of hydrogen-bond acceptors (Lipinski definition) is 6. The first-order valence-electron chi connectivity index (χ1n) is 10.8. The maximum absolute atomic E-state index is 13.0. The Morgan fingerprint density at radius 2 is 1.65 bits per heavy atom. The lowest BCUT2D eigenvalue weighted by Gasteiger charge is -2.16. The molecule has 174 valence electrons. The number of hydrogen-bond donors (Lipinski definition) is 2. The van der Waals surface area contributed by atoms with Crippen LogP contribution in [0.2, 0.25) is 0 Å². The molecule has 7 nitrogen and oxygen atoms in total. The average Bonchev–Trinajstić information content (AvgIpc) is 3.25. The van der Waals surface area contributed by atoms with E-state index in [-0.39, 0.29) is 11.7 Å². The van der Waals surface area contributed by atoms with Crippen molar-refractivity contribution in [1.82, 2.24) is 14.8 Å². The van der Waals surface area contributed by atoms with Crippen molar-refractivity contribution in [2.45, 2.75) is 31.2 Å². The summed E-state index contributed by atoms with van der Waals surface area (Å²) in [5, 5.41) is 21.7. The number of aryl methyl sites for hydroxylation is 2. The van der Waals surface area contributed by atoms with Gasteiger partial charge in [0.2, 0.25) is 5.91 Å². The molecule has 1 atom stereocenters. The van der Waals surface area contributed by atoms with Crippen molar-refractivity contribution in [3.8, 4) is 28.6 Å². The largest absolute Gasteiger partial charge is 0.508 e. The van der Waals surface area contributed by atoms with E-state index in [1.54, 1.807) is 31.4 Å². The number of carbonyl (C=O) groups is 1. The van der Waals surface area contributed by atoms with E-state index in [4.69, 9.17) is 4.74 Å². The molecule has 0 bridgehead atoms. The van der Waals surface area contributed by atoms with Crippen LogP contribution in [0.25, 0.3) is 17.1 Å². The van der Waals surface area contributed by atoms with Gasteiger partial charge in [0.1, 0.15) is 11.5 Å². The van der Waals surface area contributed by atoms with E-state index < -0.39 is 5.25 Å². The van der Waals surface area contributed by atoms with Crippen LogP contribution >= 0.6 is 11.8 Å². The summed E-state index contributed by atoms with van der Waals surface area (Å²) in [6, 6.07) is 20.3. The van der Waals surface area contributed by atoms with Gasteiger partial charge in [-0.3, -0.25) is 9.36 Å². The third-order valence-electron chi connectivity index (χ3n) is 5.47. The minimum Gasteiger partial charge on any atom is -0.508 e. The second-order valence-corrected chi connectivity index (χ2v) is 9.21. The van der Waals surface area contributed by atoms with Gasteiger partial charge >= 0.3 is 0 Å². The smallest absolute Gasteiger partial charge is 0.237 e. The predicted molar refractivity (Wildman–Crippen MR) is 135 cm³/mol. The molecule has 34 heavy (non-hydrogen) atoms. The topological polar surface area (TPSA) is 89.3 Å². The summed E-state index contributed by atoms with van der Waals surface area (Å²) in [5.41, 5.74) is 4.49. The van der Waals surface area contributed by atoms with Gasteiger partial charge in [-0.05, 0) is 80.4 Å². The predicted octanol–water partition coefficient (Wildman–Crippen LogP) is 5.38. The van der Waals surface area contributed by atoms with E-state index in [1.165, 1.54) is 11.8 Å². The van der Waals surface area contributed by atoms with Crippen LogP contribution in [-0.4, -0.2) is 38.1 Å². The number of nitrogens with one attached hydrogen (secondary N) is 1. The van der Waals surface area contributed by atoms with Gasteiger partial charge in [0, 0.05) is 16.9 Å². The third kappa shape index (κ3) is 4.92. The number of thioether (sulfide) groups is 1. The SMILES string of the molecule is COc1ccc(-n2c(SC(C)C(=O)Nc3c(C)cccc3C)nnc2-c2ccc(O)cc2)cc1. The summed E-state index contributed by atoms with van der Waals surface area (Å²) in [6.07, 6.45) is 0. The van der Waals surface area contributed by atoms with Crippen LogP contribution in [0.1, 0.15) is 18.1 Å². The van der Waals surface area contributed by atoms with Crippen molar-refractivity contribution < 1.29 is 14.6 Å². The summed E-state index contributed by atoms with van der Waals surface area (Å²) in [7, 11) is 1.62. The lowest BCUT2D eigenvalue weighted by Crippen LogP contribution is -2.23. The molecule has 2 N–H and O–H groups in total. The molecule has 8 heteroatoms. The van der Waals surface area contributed by atoms with Crippen molar-refractivity contribution in [2.75, 3.05) is 12.4 Å². The number of para-hydroxylation sites is 1. The summed E-state index contributed by atoms with van der Waals surface area (Å²) < 4.78 is 7.19. The van der Waals surface area contributed by atoms with Crippen molar-refractivity contribution >= 4 is 23.4 Å². The number of phenols is 1. The molecule has 3 aromatic carbocycles. The fraction of sp³-hybridized carbons (Fsp3) is 0.192. The van der Waals surface area contributed by atoms with Crippen LogP contribution in [0.4, 0.5) is 5.69 Å². The highest BCUT2D eigenvalue weighted by molar-refractivity contribution is 8.00. The molecular formula is C26H26N4O3S. The number of ether oxygens (including phenoxy) is 1. The first-order valence-corrected chi connectivity index (χ1v) is 11.7. The van der Waals surface area contributed by atoms with Crippen molar-refractivity contribution in [2.24, 2.45) is 0 Å². The minimum atomic E-state index is -0.423. The number of anilines is 1. The average molecular weight is 475 g/mol. The summed E-state index contributed by atoms with van der Waals surface area (Å²) in [6.45, 7) is 5.80. The fourth-order valence-electron chi connectivity index (χ4n) is 3.56. The maximum Gasteiger partial charge on any atom is 0.237 e. The first-order chi connectivity index (χ1) is 16.4. The number of aromatic nitrogens is 3. The van der Waals surface area contributed by atoms with E-state index >= 15 is 0 Å². The maximum atomic E-state index is 13.0. The Balaban J connectivity index is 1.66. The quantitative estimate of drug-likeness (QED) is 0.349. The molecule has 4 rings (SSSR count). The molecule has 1 unspecified atom stereocenters. The summed E-state index contributed by atoms with van der Waals surface area (Å²) in [4.78, 5) is 13.0. The molecule has 1 amide bonds. The Morgan fingerprint density at radius 3 is 2.26 bits per heavy atom. The molecule has 0 radical (unpaired) electrons. The Labute approximate surface area is 202 Å². The van der Waals surface area contributed by atoms with E-state index in [2.05, 4.69) is 15.5 Å². The van der Waals surface area contributed by atoms with E-state index in [0.29, 0.717) is 11.0 Å². The molecule has 4 aromatic rings. The molecule has 0 aliphatic carbocycles. The minimum absolute atomic E-state index is 0.113. The van der Waals surface area contributed by atoms with Gasteiger partial charge in [-0.25, -0.2) is 0 Å². The second kappa shape index (κ2) is 10.0. The zero-order chi connectivity index (χ0) is 24.2. The van der Waals surface area contributed by atoms with Gasteiger partial charge in [-0.2, -0.15) is 0 Å². The Morgan fingerprint density at radius 1 is 1.00 bits per heavy atom. The fourth-order valence-corrected chi connectivity index (χ4v) is 4.42. The van der Waals surface area contributed by atoms with E-state index in [1.807, 2.05) is 67.8 Å². The second-order valence-electron chi connectivity index (χ2n) is 7.90. The standard InChI is InChI=1S/C26H26N4O3S/c1-16-6-5-7-17(2)23(16)27-25(32)18(3)34-26-29-28-24(19-8-12-21(31)13-9-19)30(26)20-10-14-22(33-4)15-11-20/h5-15,18,31H,1-4H3,(H,27,32). The Hall–Kier alpha value is -3.78. The van der Waals surface area contributed by atoms with Crippen molar-refractivity contribution in [3.63, 3.8) is 0 Å². The Kier molecular flexibility index (Phi) is 6.88. The van der Waals surface area contributed by atoms with Crippen molar-refractivity contribution in [1.29, 1.82) is 0 Å². The van der Waals surface area contributed by atoms with Crippen LogP contribution < -0.4 is 10.1 Å². The highest BCUT2D eigenvalue weighted by Crippen LogP contribution is 2.32. The lowest BCUT2D eigenvalue weighted by molar-refractivity contribution is -0.115.